The molecule has 1 heterocycles. The number of aromatic nitrogens is 1. The monoisotopic (exact) mass is 516 g/mol. The van der Waals surface area contributed by atoms with E-state index in [0.29, 0.717) is 42.2 Å². The van der Waals surface area contributed by atoms with E-state index in [-0.39, 0.29) is 36.4 Å². The molecule has 10 nitrogen and oxygen atoms in total. The third-order valence-corrected chi connectivity index (χ3v) is 6.17. The number of carbonyl (C=O) groups is 3. The number of methoxy groups -OCH3 is 2. The van der Waals surface area contributed by atoms with Crippen molar-refractivity contribution in [1.82, 2.24) is 15.4 Å². The first-order chi connectivity index (χ1) is 17.6. The number of benzene rings is 1. The van der Waals surface area contributed by atoms with Crippen molar-refractivity contribution < 1.29 is 28.4 Å². The molecule has 0 saturated heterocycles. The molecule has 0 aliphatic rings. The normalized spacial score (nSPS) is 12.0. The molecule has 0 unspecified atom stereocenters. The predicted octanol–water partition coefficient (Wildman–Crippen LogP) is 4.39. The molecule has 0 bridgehead atoms. The number of aryl methyl sites for hydroxylation is 1. The third kappa shape index (κ3) is 8.23. The van der Waals surface area contributed by atoms with E-state index in [1.807, 2.05) is 27.7 Å². The maximum Gasteiger partial charge on any atom is 0.248 e. The van der Waals surface area contributed by atoms with E-state index in [0.717, 1.165) is 6.42 Å². The molecule has 3 amide bonds. The second-order valence-corrected chi connectivity index (χ2v) is 9.52. The van der Waals surface area contributed by atoms with Gasteiger partial charge in [-0.25, -0.2) is 0 Å². The van der Waals surface area contributed by atoms with Crippen molar-refractivity contribution in [3.8, 4) is 11.5 Å². The Labute approximate surface area is 219 Å². The number of unbranched alkanes of at least 4 members (excludes halogenated alkanes) is 1. The summed E-state index contributed by atoms with van der Waals surface area (Å²) in [6.07, 6.45) is 2.05. The van der Waals surface area contributed by atoms with Crippen molar-refractivity contribution in [2.45, 2.75) is 78.3 Å². The van der Waals surface area contributed by atoms with Crippen LogP contribution in [-0.2, 0) is 14.4 Å². The number of hydrogen-bond donors (Lipinski definition) is 2. The first-order valence-electron chi connectivity index (χ1n) is 12.6. The van der Waals surface area contributed by atoms with Crippen LogP contribution < -0.4 is 20.1 Å². The van der Waals surface area contributed by atoms with E-state index in [1.54, 1.807) is 31.2 Å². The second-order valence-electron chi connectivity index (χ2n) is 9.52. The number of rotatable bonds is 14. The molecule has 2 rings (SSSR count). The minimum atomic E-state index is -0.976. The largest absolute Gasteiger partial charge is 0.493 e. The quantitative estimate of drug-likeness (QED) is 0.382. The van der Waals surface area contributed by atoms with E-state index in [9.17, 15) is 14.4 Å². The van der Waals surface area contributed by atoms with E-state index in [2.05, 4.69) is 15.8 Å². The van der Waals surface area contributed by atoms with E-state index in [1.165, 1.54) is 19.1 Å². The fourth-order valence-corrected chi connectivity index (χ4v) is 3.79. The van der Waals surface area contributed by atoms with Gasteiger partial charge in [0.15, 0.2) is 17.3 Å². The SMILES string of the molecule is CCCCN(C(=O)CCC(=O)Nc1cc(C)on1)[C@H](C(=O)NC(C)(C)CC)c1cccc(OC)c1OC. The lowest BCUT2D eigenvalue weighted by Gasteiger charge is -2.35. The van der Waals surface area contributed by atoms with Gasteiger partial charge in [0.25, 0.3) is 0 Å². The molecular weight excluding hydrogens is 476 g/mol. The number of nitrogens with one attached hydrogen (secondary N) is 2. The molecule has 204 valence electrons. The number of nitrogens with zero attached hydrogens (tertiary/aromatic N) is 2. The van der Waals surface area contributed by atoms with Gasteiger partial charge in [-0.15, -0.1) is 0 Å². The molecular formula is C27H40N4O6. The standard InChI is InChI=1S/C27H40N4O6/c1-8-10-16-31(23(33)15-14-22(32)28-21-17-18(3)37-30-21)24(26(34)29-27(4,5)9-2)19-12-11-13-20(35-6)25(19)36-7/h11-13,17,24H,8-10,14-16H2,1-7H3,(H,29,34)(H,28,30,32)/t24-/m0/s1. The Morgan fingerprint density at radius 1 is 1.14 bits per heavy atom. The highest BCUT2D eigenvalue weighted by molar-refractivity contribution is 5.94. The second kappa shape index (κ2) is 13.7. The van der Waals surface area contributed by atoms with Crippen LogP contribution >= 0.6 is 0 Å². The summed E-state index contributed by atoms with van der Waals surface area (Å²) in [7, 11) is 3.02. The maximum absolute atomic E-state index is 13.8. The summed E-state index contributed by atoms with van der Waals surface area (Å²) in [4.78, 5) is 41.4. The van der Waals surface area contributed by atoms with Crippen molar-refractivity contribution in [3.63, 3.8) is 0 Å². The van der Waals surface area contributed by atoms with Crippen LogP contribution in [0.2, 0.25) is 0 Å². The average molecular weight is 517 g/mol. The third-order valence-electron chi connectivity index (χ3n) is 6.17. The highest BCUT2D eigenvalue weighted by Crippen LogP contribution is 2.38. The van der Waals surface area contributed by atoms with E-state index in [4.69, 9.17) is 14.0 Å². The zero-order valence-corrected chi connectivity index (χ0v) is 23.0. The van der Waals surface area contributed by atoms with Gasteiger partial charge in [0.2, 0.25) is 17.7 Å². The lowest BCUT2D eigenvalue weighted by molar-refractivity contribution is -0.142. The molecule has 0 radical (unpaired) electrons. The zero-order valence-electron chi connectivity index (χ0n) is 23.0. The summed E-state index contributed by atoms with van der Waals surface area (Å²) in [5.74, 6) is 0.672. The van der Waals surface area contributed by atoms with Crippen LogP contribution in [0.3, 0.4) is 0 Å². The summed E-state index contributed by atoms with van der Waals surface area (Å²) in [6.45, 7) is 9.91. The van der Waals surface area contributed by atoms with Crippen LogP contribution in [0.25, 0.3) is 0 Å². The number of anilines is 1. The Morgan fingerprint density at radius 3 is 2.43 bits per heavy atom. The molecule has 2 N–H and O–H groups in total. The molecule has 1 aromatic heterocycles. The van der Waals surface area contributed by atoms with Gasteiger partial charge in [-0.05, 0) is 39.7 Å². The van der Waals surface area contributed by atoms with Gasteiger partial charge < -0.3 is 29.5 Å². The summed E-state index contributed by atoms with van der Waals surface area (Å²) >= 11 is 0. The number of para-hydroxylation sites is 1. The Morgan fingerprint density at radius 2 is 1.86 bits per heavy atom. The summed E-state index contributed by atoms with van der Waals surface area (Å²) in [5, 5.41) is 9.45. The van der Waals surface area contributed by atoms with E-state index >= 15 is 0 Å². The van der Waals surface area contributed by atoms with Gasteiger partial charge in [-0.3, -0.25) is 14.4 Å². The molecule has 1 aromatic carbocycles. The molecule has 0 aliphatic heterocycles. The van der Waals surface area contributed by atoms with Crippen molar-refractivity contribution >= 4 is 23.5 Å². The molecule has 0 aliphatic carbocycles. The molecule has 10 heteroatoms. The number of ether oxygens (including phenoxy) is 2. The minimum Gasteiger partial charge on any atom is -0.493 e. The number of carbonyl (C=O) groups excluding carboxylic acids is 3. The maximum atomic E-state index is 13.8. The smallest absolute Gasteiger partial charge is 0.248 e. The Bertz CT molecular complexity index is 1060. The Kier molecular flexibility index (Phi) is 11.0. The number of hydrogen-bond acceptors (Lipinski definition) is 7. The van der Waals surface area contributed by atoms with Crippen LogP contribution in [0.1, 0.15) is 77.2 Å². The van der Waals surface area contributed by atoms with Gasteiger partial charge in [0.05, 0.1) is 14.2 Å². The van der Waals surface area contributed by atoms with Crippen LogP contribution in [0, 0.1) is 6.92 Å². The van der Waals surface area contributed by atoms with Crippen molar-refractivity contribution in [2.75, 3.05) is 26.1 Å². The van der Waals surface area contributed by atoms with Gasteiger partial charge in [0.1, 0.15) is 11.8 Å². The van der Waals surface area contributed by atoms with Gasteiger partial charge in [-0.1, -0.05) is 37.6 Å². The fraction of sp³-hybridized carbons (Fsp3) is 0.556. The average Bonchev–Trinajstić information content (AvgIpc) is 3.28. The summed E-state index contributed by atoms with van der Waals surface area (Å²) < 4.78 is 16.1. The first kappa shape index (κ1) is 29.7. The zero-order chi connectivity index (χ0) is 27.6. The first-order valence-corrected chi connectivity index (χ1v) is 12.6. The molecule has 2 aromatic rings. The Hall–Kier alpha value is -3.56. The summed E-state index contributed by atoms with van der Waals surface area (Å²) in [6, 6.07) is 5.88. The summed E-state index contributed by atoms with van der Waals surface area (Å²) in [5.41, 5.74) is 0.0227. The fourth-order valence-electron chi connectivity index (χ4n) is 3.79. The lowest BCUT2D eigenvalue weighted by Crippen LogP contribution is -2.50. The van der Waals surface area contributed by atoms with Crippen LogP contribution in [0.15, 0.2) is 28.8 Å². The van der Waals surface area contributed by atoms with Crippen molar-refractivity contribution in [2.24, 2.45) is 0 Å². The highest BCUT2D eigenvalue weighted by atomic mass is 16.5. The molecule has 37 heavy (non-hydrogen) atoms. The van der Waals surface area contributed by atoms with E-state index < -0.39 is 11.6 Å². The predicted molar refractivity (Wildman–Crippen MR) is 141 cm³/mol. The topological polar surface area (TPSA) is 123 Å². The van der Waals surface area contributed by atoms with Gasteiger partial charge in [-0.2, -0.15) is 0 Å². The molecule has 0 spiro atoms. The van der Waals surface area contributed by atoms with Crippen LogP contribution in [0.4, 0.5) is 5.82 Å². The molecule has 0 saturated carbocycles. The van der Waals surface area contributed by atoms with Gasteiger partial charge >= 0.3 is 0 Å². The molecule has 0 fully saturated rings. The van der Waals surface area contributed by atoms with Crippen molar-refractivity contribution in [1.29, 1.82) is 0 Å². The highest BCUT2D eigenvalue weighted by Gasteiger charge is 2.36. The number of amides is 3. The Balaban J connectivity index is 2.40. The molecule has 1 atom stereocenters. The van der Waals surface area contributed by atoms with Gasteiger partial charge in [0, 0.05) is 36.6 Å². The van der Waals surface area contributed by atoms with Crippen molar-refractivity contribution in [3.05, 3.63) is 35.6 Å². The van der Waals surface area contributed by atoms with Crippen LogP contribution in [0.5, 0.6) is 11.5 Å². The lowest BCUT2D eigenvalue weighted by atomic mass is 9.97. The van der Waals surface area contributed by atoms with Crippen LogP contribution in [-0.4, -0.2) is 54.1 Å². The minimum absolute atomic E-state index is 0.0720.